The normalized spacial score (nSPS) is 13.9. The molecule has 1 N–H and O–H groups in total. The summed E-state index contributed by atoms with van der Waals surface area (Å²) in [6.07, 6.45) is -0.572. The van der Waals surface area contributed by atoms with Gasteiger partial charge in [-0.1, -0.05) is 20.8 Å². The summed E-state index contributed by atoms with van der Waals surface area (Å²) in [5.74, 6) is -0.419. The molecule has 0 radical (unpaired) electrons. The molecule has 9 heteroatoms. The molecular formula is C22H30F2N4O2Si. The number of fused-ring (bicyclic) bond motifs is 1. The molecule has 0 saturated heterocycles. The minimum Gasteiger partial charge on any atom is -0.413 e. The SMILES string of the molecule is Cc1cnc(C(O)c2ccn3c(C(F)F)nnc3c2C)cc1CO[Si](C)(C)C(C)(C)C. The minimum atomic E-state index is -2.73. The fourth-order valence-corrected chi connectivity index (χ4v) is 4.03. The van der Waals surface area contributed by atoms with E-state index in [4.69, 9.17) is 4.43 Å². The van der Waals surface area contributed by atoms with Gasteiger partial charge in [0.1, 0.15) is 6.10 Å². The Labute approximate surface area is 182 Å². The van der Waals surface area contributed by atoms with Gasteiger partial charge < -0.3 is 9.53 Å². The third-order valence-electron chi connectivity index (χ3n) is 6.29. The van der Waals surface area contributed by atoms with Crippen LogP contribution in [0, 0.1) is 13.8 Å². The average molecular weight is 449 g/mol. The van der Waals surface area contributed by atoms with Crippen LogP contribution in [0.3, 0.4) is 0 Å². The van der Waals surface area contributed by atoms with E-state index >= 15 is 0 Å². The van der Waals surface area contributed by atoms with Gasteiger partial charge in [0.15, 0.2) is 14.0 Å². The van der Waals surface area contributed by atoms with Crippen molar-refractivity contribution < 1.29 is 18.3 Å². The van der Waals surface area contributed by atoms with Gasteiger partial charge in [0.2, 0.25) is 5.82 Å². The number of hydrogen-bond donors (Lipinski definition) is 1. The Kier molecular flexibility index (Phi) is 6.32. The Hall–Kier alpha value is -2.23. The smallest absolute Gasteiger partial charge is 0.297 e. The van der Waals surface area contributed by atoms with Gasteiger partial charge in [-0.2, -0.15) is 0 Å². The molecule has 0 bridgehead atoms. The predicted molar refractivity (Wildman–Crippen MR) is 118 cm³/mol. The van der Waals surface area contributed by atoms with E-state index in [0.29, 0.717) is 29.1 Å². The second kappa shape index (κ2) is 8.37. The molecule has 0 aliphatic rings. The Morgan fingerprint density at radius 3 is 2.48 bits per heavy atom. The highest BCUT2D eigenvalue weighted by Gasteiger charge is 2.37. The molecule has 0 saturated carbocycles. The molecule has 0 aromatic carbocycles. The maximum absolute atomic E-state index is 13.1. The third kappa shape index (κ3) is 4.53. The lowest BCUT2D eigenvalue weighted by molar-refractivity contribution is 0.139. The standard InChI is InChI=1S/C22H30F2N4O2Si/c1-13-11-25-17(10-15(13)12-30-31(6,7)22(3,4)5)18(29)16-8-9-28-20(14(16)2)26-27-21(28)19(23)24/h8-11,18-19,29H,12H2,1-7H3. The van der Waals surface area contributed by atoms with Gasteiger partial charge in [0.25, 0.3) is 6.43 Å². The van der Waals surface area contributed by atoms with E-state index in [-0.39, 0.29) is 5.04 Å². The van der Waals surface area contributed by atoms with Crippen molar-refractivity contribution in [1.82, 2.24) is 19.6 Å². The van der Waals surface area contributed by atoms with E-state index in [9.17, 15) is 13.9 Å². The zero-order valence-electron chi connectivity index (χ0n) is 19.1. The second-order valence-corrected chi connectivity index (χ2v) is 14.2. The molecule has 1 unspecified atom stereocenters. The van der Waals surface area contributed by atoms with Gasteiger partial charge in [-0.05, 0) is 60.8 Å². The van der Waals surface area contributed by atoms with Crippen LogP contribution in [0.1, 0.15) is 67.1 Å². The summed E-state index contributed by atoms with van der Waals surface area (Å²) < 4.78 is 33.8. The van der Waals surface area contributed by atoms with Crippen molar-refractivity contribution in [2.75, 3.05) is 0 Å². The number of hydrogen-bond acceptors (Lipinski definition) is 5. The Balaban J connectivity index is 1.91. The monoisotopic (exact) mass is 448 g/mol. The molecule has 3 aromatic heterocycles. The average Bonchev–Trinajstić information content (AvgIpc) is 3.11. The van der Waals surface area contributed by atoms with E-state index in [1.165, 1.54) is 10.6 Å². The second-order valence-electron chi connectivity index (χ2n) is 9.44. The number of aliphatic hydroxyl groups excluding tert-OH is 1. The van der Waals surface area contributed by atoms with Crippen molar-refractivity contribution in [3.05, 3.63) is 58.3 Å². The summed E-state index contributed by atoms with van der Waals surface area (Å²) in [6.45, 7) is 15.1. The van der Waals surface area contributed by atoms with Crippen LogP contribution >= 0.6 is 0 Å². The van der Waals surface area contributed by atoms with Gasteiger partial charge in [-0.3, -0.25) is 9.38 Å². The number of rotatable bonds is 6. The predicted octanol–water partition coefficient (Wildman–Crippen LogP) is 5.28. The minimum absolute atomic E-state index is 0.0954. The fraction of sp³-hybridized carbons (Fsp3) is 0.500. The lowest BCUT2D eigenvalue weighted by Crippen LogP contribution is -2.40. The van der Waals surface area contributed by atoms with E-state index in [1.807, 2.05) is 13.0 Å². The van der Waals surface area contributed by atoms with Crippen molar-refractivity contribution in [3.8, 4) is 0 Å². The molecule has 0 aliphatic heterocycles. The number of aliphatic hydroxyl groups is 1. The first-order chi connectivity index (χ1) is 14.3. The van der Waals surface area contributed by atoms with Crippen LogP contribution in [-0.4, -0.2) is 33.0 Å². The Morgan fingerprint density at radius 2 is 1.87 bits per heavy atom. The van der Waals surface area contributed by atoms with Crippen molar-refractivity contribution >= 4 is 14.0 Å². The zero-order chi connectivity index (χ0) is 23.1. The molecule has 1 atom stereocenters. The summed E-state index contributed by atoms with van der Waals surface area (Å²) >= 11 is 0. The number of aryl methyl sites for hydroxylation is 2. The number of alkyl halides is 2. The Morgan fingerprint density at radius 1 is 1.19 bits per heavy atom. The quantitative estimate of drug-likeness (QED) is 0.519. The first-order valence-electron chi connectivity index (χ1n) is 10.2. The maximum Gasteiger partial charge on any atom is 0.297 e. The van der Waals surface area contributed by atoms with Crippen molar-refractivity contribution in [2.24, 2.45) is 0 Å². The molecule has 6 nitrogen and oxygen atoms in total. The van der Waals surface area contributed by atoms with E-state index in [1.54, 1.807) is 19.2 Å². The summed E-state index contributed by atoms with van der Waals surface area (Å²) in [4.78, 5) is 4.41. The molecule has 3 rings (SSSR count). The van der Waals surface area contributed by atoms with Gasteiger partial charge in [-0.25, -0.2) is 8.78 Å². The molecular weight excluding hydrogens is 418 g/mol. The molecule has 0 spiro atoms. The van der Waals surface area contributed by atoms with Crippen LogP contribution in [0.5, 0.6) is 0 Å². The molecule has 3 aromatic rings. The highest BCUT2D eigenvalue weighted by Crippen LogP contribution is 2.37. The van der Waals surface area contributed by atoms with Crippen LogP contribution < -0.4 is 0 Å². The van der Waals surface area contributed by atoms with E-state index in [2.05, 4.69) is 49.0 Å². The molecule has 0 amide bonds. The summed E-state index contributed by atoms with van der Waals surface area (Å²) in [5, 5.41) is 18.6. The summed E-state index contributed by atoms with van der Waals surface area (Å²) in [7, 11) is -1.93. The molecule has 3 heterocycles. The molecule has 168 valence electrons. The molecule has 0 fully saturated rings. The number of aromatic nitrogens is 4. The molecule has 0 aliphatic carbocycles. The van der Waals surface area contributed by atoms with E-state index in [0.717, 1.165) is 11.1 Å². The lowest BCUT2D eigenvalue weighted by atomic mass is 10.0. The molecule has 31 heavy (non-hydrogen) atoms. The van der Waals surface area contributed by atoms with Crippen LogP contribution in [0.25, 0.3) is 5.65 Å². The van der Waals surface area contributed by atoms with Crippen molar-refractivity contribution in [3.63, 3.8) is 0 Å². The van der Waals surface area contributed by atoms with Crippen molar-refractivity contribution in [2.45, 2.75) is 71.9 Å². The topological polar surface area (TPSA) is 72.5 Å². The van der Waals surface area contributed by atoms with Gasteiger partial charge >= 0.3 is 0 Å². The van der Waals surface area contributed by atoms with Gasteiger partial charge in [0.05, 0.1) is 12.3 Å². The largest absolute Gasteiger partial charge is 0.413 e. The fourth-order valence-electron chi connectivity index (χ4n) is 3.08. The zero-order valence-corrected chi connectivity index (χ0v) is 20.1. The lowest BCUT2D eigenvalue weighted by Gasteiger charge is -2.36. The van der Waals surface area contributed by atoms with Crippen molar-refractivity contribution in [1.29, 1.82) is 0 Å². The van der Waals surface area contributed by atoms with Crippen LogP contribution in [0.2, 0.25) is 18.1 Å². The number of halogens is 2. The highest BCUT2D eigenvalue weighted by molar-refractivity contribution is 6.74. The maximum atomic E-state index is 13.1. The highest BCUT2D eigenvalue weighted by atomic mass is 28.4. The number of pyridine rings is 2. The van der Waals surface area contributed by atoms with Gasteiger partial charge in [0, 0.05) is 18.0 Å². The first kappa shape index (κ1) is 23.4. The van der Waals surface area contributed by atoms with Crippen LogP contribution in [-0.2, 0) is 11.0 Å². The summed E-state index contributed by atoms with van der Waals surface area (Å²) in [6, 6.07) is 3.46. The first-order valence-corrected chi connectivity index (χ1v) is 13.1. The van der Waals surface area contributed by atoms with Crippen LogP contribution in [0.4, 0.5) is 8.78 Å². The third-order valence-corrected chi connectivity index (χ3v) is 10.8. The number of nitrogens with zero attached hydrogens (tertiary/aromatic N) is 4. The van der Waals surface area contributed by atoms with Gasteiger partial charge in [-0.15, -0.1) is 10.2 Å². The van der Waals surface area contributed by atoms with Crippen LogP contribution in [0.15, 0.2) is 24.5 Å². The summed E-state index contributed by atoms with van der Waals surface area (Å²) in [5.41, 5.74) is 3.85. The Bertz CT molecular complexity index is 1090. The van der Waals surface area contributed by atoms with E-state index < -0.39 is 26.7 Å².